The Balaban J connectivity index is 1.81. The molecule has 1 aromatic carbocycles. The maximum absolute atomic E-state index is 12.3. The summed E-state index contributed by atoms with van der Waals surface area (Å²) in [5, 5.41) is 6.21. The number of amides is 1. The molecule has 1 amide bonds. The summed E-state index contributed by atoms with van der Waals surface area (Å²) >= 11 is 1.70. The van der Waals surface area contributed by atoms with Gasteiger partial charge in [0.1, 0.15) is 0 Å². The number of thiazole rings is 1. The highest BCUT2D eigenvalue weighted by molar-refractivity contribution is 7.09. The zero-order chi connectivity index (χ0) is 18.8. The van der Waals surface area contributed by atoms with Gasteiger partial charge in [-0.25, -0.2) is 4.98 Å². The first-order valence-corrected chi connectivity index (χ1v) is 10.1. The third-order valence-corrected chi connectivity index (χ3v) is 4.76. The molecule has 0 atom stereocenters. The fourth-order valence-corrected chi connectivity index (χ4v) is 3.29. The SMILES string of the molecule is CCCOc1ccc(C(=O)NCCCCc2nc(C)cs2)cc1OCC. The van der Waals surface area contributed by atoms with E-state index in [0.717, 1.165) is 36.4 Å². The van der Waals surface area contributed by atoms with E-state index in [1.165, 1.54) is 0 Å². The van der Waals surface area contributed by atoms with Gasteiger partial charge >= 0.3 is 0 Å². The Morgan fingerprint density at radius 1 is 1.19 bits per heavy atom. The molecular weight excluding hydrogens is 348 g/mol. The van der Waals surface area contributed by atoms with E-state index in [9.17, 15) is 4.79 Å². The summed E-state index contributed by atoms with van der Waals surface area (Å²) in [5.74, 6) is 1.22. The fraction of sp³-hybridized carbons (Fsp3) is 0.500. The smallest absolute Gasteiger partial charge is 0.251 e. The number of aryl methyl sites for hydroxylation is 2. The normalized spacial score (nSPS) is 10.6. The second-order valence-electron chi connectivity index (χ2n) is 6.04. The number of hydrogen-bond donors (Lipinski definition) is 1. The van der Waals surface area contributed by atoms with Gasteiger partial charge in [0.05, 0.1) is 18.2 Å². The Morgan fingerprint density at radius 2 is 2.04 bits per heavy atom. The average Bonchev–Trinajstić information content (AvgIpc) is 3.05. The third-order valence-electron chi connectivity index (χ3n) is 3.74. The first kappa shape index (κ1) is 20.2. The van der Waals surface area contributed by atoms with Gasteiger partial charge in [-0.2, -0.15) is 0 Å². The van der Waals surface area contributed by atoms with Crippen molar-refractivity contribution in [3.8, 4) is 11.5 Å². The summed E-state index contributed by atoms with van der Waals surface area (Å²) in [6.45, 7) is 7.79. The Labute approximate surface area is 159 Å². The second kappa shape index (κ2) is 10.8. The lowest BCUT2D eigenvalue weighted by Crippen LogP contribution is -2.24. The van der Waals surface area contributed by atoms with Crippen LogP contribution in [0, 0.1) is 6.92 Å². The predicted molar refractivity (Wildman–Crippen MR) is 106 cm³/mol. The van der Waals surface area contributed by atoms with E-state index in [4.69, 9.17) is 9.47 Å². The van der Waals surface area contributed by atoms with E-state index in [1.807, 2.05) is 13.8 Å². The molecular formula is C20H28N2O3S. The summed E-state index contributed by atoms with van der Waals surface area (Å²) < 4.78 is 11.3. The molecule has 2 rings (SSSR count). The zero-order valence-electron chi connectivity index (χ0n) is 15.8. The number of ether oxygens (including phenoxy) is 2. The van der Waals surface area contributed by atoms with E-state index >= 15 is 0 Å². The maximum atomic E-state index is 12.3. The number of benzene rings is 1. The van der Waals surface area contributed by atoms with E-state index in [1.54, 1.807) is 29.5 Å². The molecule has 0 radical (unpaired) electrons. The van der Waals surface area contributed by atoms with E-state index < -0.39 is 0 Å². The molecule has 0 unspecified atom stereocenters. The monoisotopic (exact) mass is 376 g/mol. The van der Waals surface area contributed by atoms with Crippen LogP contribution in [0.2, 0.25) is 0 Å². The number of rotatable bonds is 11. The Bertz CT molecular complexity index is 700. The van der Waals surface area contributed by atoms with Crippen LogP contribution < -0.4 is 14.8 Å². The van der Waals surface area contributed by atoms with Crippen molar-refractivity contribution in [3.05, 3.63) is 39.8 Å². The van der Waals surface area contributed by atoms with Crippen LogP contribution in [0.15, 0.2) is 23.6 Å². The van der Waals surface area contributed by atoms with Gasteiger partial charge in [-0.3, -0.25) is 4.79 Å². The van der Waals surface area contributed by atoms with Gasteiger partial charge in [0, 0.05) is 23.2 Å². The Hall–Kier alpha value is -2.08. The van der Waals surface area contributed by atoms with Crippen LogP contribution in [0.5, 0.6) is 11.5 Å². The number of nitrogens with one attached hydrogen (secondary N) is 1. The summed E-state index contributed by atoms with van der Waals surface area (Å²) in [7, 11) is 0. The van der Waals surface area contributed by atoms with Crippen LogP contribution in [0.3, 0.4) is 0 Å². The first-order chi connectivity index (χ1) is 12.6. The lowest BCUT2D eigenvalue weighted by atomic mass is 10.1. The van der Waals surface area contributed by atoms with Crippen molar-refractivity contribution in [1.82, 2.24) is 10.3 Å². The summed E-state index contributed by atoms with van der Waals surface area (Å²) in [6, 6.07) is 5.34. The highest BCUT2D eigenvalue weighted by atomic mass is 32.1. The molecule has 0 saturated carbocycles. The lowest BCUT2D eigenvalue weighted by Gasteiger charge is -2.13. The number of aromatic nitrogens is 1. The number of carbonyl (C=O) groups excluding carboxylic acids is 1. The van der Waals surface area contributed by atoms with Crippen LogP contribution in [-0.2, 0) is 6.42 Å². The molecule has 0 aliphatic heterocycles. The molecule has 0 bridgehead atoms. The molecule has 0 saturated heterocycles. The van der Waals surface area contributed by atoms with Crippen molar-refractivity contribution in [2.24, 2.45) is 0 Å². The van der Waals surface area contributed by atoms with Crippen molar-refractivity contribution in [2.75, 3.05) is 19.8 Å². The van der Waals surface area contributed by atoms with Gasteiger partial charge < -0.3 is 14.8 Å². The largest absolute Gasteiger partial charge is 0.490 e. The number of hydrogen-bond acceptors (Lipinski definition) is 5. The highest BCUT2D eigenvalue weighted by Gasteiger charge is 2.11. The van der Waals surface area contributed by atoms with E-state index in [-0.39, 0.29) is 5.91 Å². The topological polar surface area (TPSA) is 60.5 Å². The van der Waals surface area contributed by atoms with Crippen molar-refractivity contribution in [2.45, 2.75) is 46.5 Å². The first-order valence-electron chi connectivity index (χ1n) is 9.22. The standard InChI is InChI=1S/C20H28N2O3S/c1-4-12-25-17-10-9-16(13-18(17)24-5-2)20(23)21-11-7-6-8-19-22-15(3)14-26-19/h9-10,13-14H,4-8,11-12H2,1-3H3,(H,21,23). The fourth-order valence-electron chi connectivity index (χ4n) is 2.47. The number of carbonyl (C=O) groups is 1. The molecule has 26 heavy (non-hydrogen) atoms. The summed E-state index contributed by atoms with van der Waals surface area (Å²) in [6.07, 6.45) is 3.84. The van der Waals surface area contributed by atoms with Crippen LogP contribution >= 0.6 is 11.3 Å². The molecule has 0 fully saturated rings. The van der Waals surface area contributed by atoms with Crippen LogP contribution in [-0.4, -0.2) is 30.6 Å². The average molecular weight is 377 g/mol. The van der Waals surface area contributed by atoms with Crippen LogP contribution in [0.1, 0.15) is 54.2 Å². The quantitative estimate of drug-likeness (QED) is 0.591. The molecule has 1 heterocycles. The molecule has 1 N–H and O–H groups in total. The third kappa shape index (κ3) is 6.33. The zero-order valence-corrected chi connectivity index (χ0v) is 16.7. The van der Waals surface area contributed by atoms with Crippen LogP contribution in [0.25, 0.3) is 0 Å². The van der Waals surface area contributed by atoms with Gasteiger partial charge in [0.2, 0.25) is 0 Å². The summed E-state index contributed by atoms with van der Waals surface area (Å²) in [4.78, 5) is 16.8. The van der Waals surface area contributed by atoms with Gasteiger partial charge in [-0.05, 0) is 57.7 Å². The number of nitrogens with zero attached hydrogens (tertiary/aromatic N) is 1. The minimum atomic E-state index is -0.0851. The lowest BCUT2D eigenvalue weighted by molar-refractivity contribution is 0.0952. The molecule has 5 nitrogen and oxygen atoms in total. The molecule has 0 aliphatic rings. The van der Waals surface area contributed by atoms with Crippen molar-refractivity contribution < 1.29 is 14.3 Å². The van der Waals surface area contributed by atoms with E-state index in [2.05, 4.69) is 22.6 Å². The number of unbranched alkanes of at least 4 members (excludes halogenated alkanes) is 1. The van der Waals surface area contributed by atoms with Gasteiger partial charge in [0.15, 0.2) is 11.5 Å². The molecule has 2 aromatic rings. The minimum absolute atomic E-state index is 0.0851. The van der Waals surface area contributed by atoms with Gasteiger partial charge in [0.25, 0.3) is 5.91 Å². The van der Waals surface area contributed by atoms with Gasteiger partial charge in [-0.15, -0.1) is 11.3 Å². The van der Waals surface area contributed by atoms with Gasteiger partial charge in [-0.1, -0.05) is 6.92 Å². The molecule has 1 aromatic heterocycles. The van der Waals surface area contributed by atoms with E-state index in [0.29, 0.717) is 36.8 Å². The highest BCUT2D eigenvalue weighted by Crippen LogP contribution is 2.28. The van der Waals surface area contributed by atoms with Crippen molar-refractivity contribution in [1.29, 1.82) is 0 Å². The maximum Gasteiger partial charge on any atom is 0.251 e. The van der Waals surface area contributed by atoms with Crippen LogP contribution in [0.4, 0.5) is 0 Å². The predicted octanol–water partition coefficient (Wildman–Crippen LogP) is 4.39. The minimum Gasteiger partial charge on any atom is -0.490 e. The Morgan fingerprint density at radius 3 is 2.73 bits per heavy atom. The second-order valence-corrected chi connectivity index (χ2v) is 6.98. The molecule has 6 heteroatoms. The molecule has 142 valence electrons. The molecule has 0 spiro atoms. The van der Waals surface area contributed by atoms with Crippen molar-refractivity contribution in [3.63, 3.8) is 0 Å². The summed E-state index contributed by atoms with van der Waals surface area (Å²) in [5.41, 5.74) is 1.67. The van der Waals surface area contributed by atoms with Crippen molar-refractivity contribution >= 4 is 17.2 Å². The Kier molecular flexibility index (Phi) is 8.41. The molecule has 0 aliphatic carbocycles.